The number of nitrogens with zero attached hydrogens (tertiary/aromatic N) is 2. The van der Waals surface area contributed by atoms with Crippen molar-refractivity contribution in [2.45, 2.75) is 37.8 Å². The molecule has 0 unspecified atom stereocenters. The molecular weight excluding hydrogens is 322 g/mol. The van der Waals surface area contributed by atoms with Crippen LogP contribution < -0.4 is 5.32 Å². The van der Waals surface area contributed by atoms with Gasteiger partial charge in [0.05, 0.1) is 17.4 Å². The lowest BCUT2D eigenvalue weighted by Crippen LogP contribution is -2.36. The average molecular weight is 338 g/mol. The molecule has 1 aliphatic carbocycles. The molecule has 3 rings (SSSR count). The van der Waals surface area contributed by atoms with E-state index in [1.165, 1.54) is 0 Å². The van der Waals surface area contributed by atoms with Gasteiger partial charge in [0.15, 0.2) is 0 Å². The van der Waals surface area contributed by atoms with E-state index >= 15 is 0 Å². The summed E-state index contributed by atoms with van der Waals surface area (Å²) in [5.41, 5.74) is 2.13. The number of nitrogens with one attached hydrogen (secondary N) is 1. The zero-order chi connectivity index (χ0) is 14.1. The van der Waals surface area contributed by atoms with Gasteiger partial charge in [0, 0.05) is 16.6 Å². The van der Waals surface area contributed by atoms with Gasteiger partial charge in [-0.2, -0.15) is 0 Å². The Morgan fingerprint density at radius 3 is 2.80 bits per heavy atom. The fourth-order valence-corrected chi connectivity index (χ4v) is 3.31. The SMILES string of the molecule is O=C(O)N[C@H]1CC[C@H](n2cnc3ccc(Br)cc32)CC1. The van der Waals surface area contributed by atoms with Crippen molar-refractivity contribution in [3.05, 3.63) is 29.0 Å². The summed E-state index contributed by atoms with van der Waals surface area (Å²) in [6.07, 6.45) is 4.68. The Kier molecular flexibility index (Phi) is 3.65. The molecule has 5 nitrogen and oxygen atoms in total. The van der Waals surface area contributed by atoms with Crippen LogP contribution in [0.5, 0.6) is 0 Å². The normalized spacial score (nSPS) is 22.9. The molecule has 1 aromatic carbocycles. The maximum Gasteiger partial charge on any atom is 0.404 e. The van der Waals surface area contributed by atoms with Crippen molar-refractivity contribution >= 4 is 33.1 Å². The number of hydrogen-bond acceptors (Lipinski definition) is 2. The third kappa shape index (κ3) is 2.65. The maximum atomic E-state index is 10.7. The van der Waals surface area contributed by atoms with E-state index in [1.54, 1.807) is 0 Å². The Morgan fingerprint density at radius 2 is 2.10 bits per heavy atom. The minimum atomic E-state index is -0.925. The first-order valence-electron chi connectivity index (χ1n) is 6.75. The van der Waals surface area contributed by atoms with Crippen LogP contribution in [0, 0.1) is 0 Å². The van der Waals surface area contributed by atoms with Crippen LogP contribution in [0.4, 0.5) is 4.79 Å². The lowest BCUT2D eigenvalue weighted by molar-refractivity contribution is 0.182. The number of amides is 1. The van der Waals surface area contributed by atoms with Gasteiger partial charge in [0.25, 0.3) is 0 Å². The van der Waals surface area contributed by atoms with Gasteiger partial charge in [-0.3, -0.25) is 0 Å². The Labute approximate surface area is 125 Å². The standard InChI is InChI=1S/C14H16BrN3O2/c15-9-1-6-12-13(7-9)18(8-16-12)11-4-2-10(3-5-11)17-14(19)20/h1,6-8,10-11,17H,2-5H2,(H,19,20)/t10-,11-. The van der Waals surface area contributed by atoms with E-state index in [4.69, 9.17) is 5.11 Å². The zero-order valence-electron chi connectivity index (χ0n) is 10.9. The fourth-order valence-electron chi connectivity index (χ4n) is 2.96. The Balaban J connectivity index is 1.76. The third-order valence-corrected chi connectivity index (χ3v) is 4.45. The fraction of sp³-hybridized carbons (Fsp3) is 0.429. The summed E-state index contributed by atoms with van der Waals surface area (Å²) in [6.45, 7) is 0. The van der Waals surface area contributed by atoms with E-state index in [1.807, 2.05) is 18.5 Å². The molecule has 1 saturated carbocycles. The largest absolute Gasteiger partial charge is 0.465 e. The van der Waals surface area contributed by atoms with E-state index in [0.717, 1.165) is 41.2 Å². The van der Waals surface area contributed by atoms with Gasteiger partial charge in [-0.1, -0.05) is 15.9 Å². The molecule has 2 aromatic rings. The van der Waals surface area contributed by atoms with Gasteiger partial charge in [-0.05, 0) is 43.9 Å². The molecule has 0 atom stereocenters. The zero-order valence-corrected chi connectivity index (χ0v) is 12.5. The van der Waals surface area contributed by atoms with Gasteiger partial charge < -0.3 is 15.0 Å². The lowest BCUT2D eigenvalue weighted by Gasteiger charge is -2.29. The van der Waals surface area contributed by atoms with Crippen LogP contribution >= 0.6 is 15.9 Å². The first-order chi connectivity index (χ1) is 9.63. The van der Waals surface area contributed by atoms with Crippen LogP contribution in [0.25, 0.3) is 11.0 Å². The minimum Gasteiger partial charge on any atom is -0.465 e. The molecular formula is C14H16BrN3O2. The second-order valence-corrected chi connectivity index (χ2v) is 6.16. The second kappa shape index (κ2) is 5.44. The monoisotopic (exact) mass is 337 g/mol. The van der Waals surface area contributed by atoms with E-state index in [9.17, 15) is 4.79 Å². The van der Waals surface area contributed by atoms with E-state index < -0.39 is 6.09 Å². The highest BCUT2D eigenvalue weighted by atomic mass is 79.9. The molecule has 20 heavy (non-hydrogen) atoms. The summed E-state index contributed by atoms with van der Waals surface area (Å²) >= 11 is 3.50. The Bertz CT molecular complexity index is 632. The topological polar surface area (TPSA) is 67.2 Å². The molecule has 1 amide bonds. The quantitative estimate of drug-likeness (QED) is 0.880. The highest BCUT2D eigenvalue weighted by Crippen LogP contribution is 2.31. The highest BCUT2D eigenvalue weighted by molar-refractivity contribution is 9.10. The lowest BCUT2D eigenvalue weighted by atomic mass is 9.91. The number of fused-ring (bicyclic) bond motifs is 1. The first-order valence-corrected chi connectivity index (χ1v) is 7.54. The minimum absolute atomic E-state index is 0.0882. The smallest absolute Gasteiger partial charge is 0.404 e. The first kappa shape index (κ1) is 13.4. The predicted molar refractivity (Wildman–Crippen MR) is 79.9 cm³/mol. The average Bonchev–Trinajstić information content (AvgIpc) is 2.82. The molecule has 2 N–H and O–H groups in total. The summed E-state index contributed by atoms with van der Waals surface area (Å²) < 4.78 is 3.27. The van der Waals surface area contributed by atoms with Crippen LogP contribution in [-0.2, 0) is 0 Å². The van der Waals surface area contributed by atoms with Crippen LogP contribution in [0.2, 0.25) is 0 Å². The molecule has 6 heteroatoms. The highest BCUT2D eigenvalue weighted by Gasteiger charge is 2.24. The number of hydrogen-bond donors (Lipinski definition) is 2. The number of halogens is 1. The molecule has 1 fully saturated rings. The summed E-state index contributed by atoms with van der Waals surface area (Å²) in [5, 5.41) is 11.3. The molecule has 0 saturated heterocycles. The van der Waals surface area contributed by atoms with E-state index in [0.29, 0.717) is 6.04 Å². The van der Waals surface area contributed by atoms with Gasteiger partial charge in [-0.25, -0.2) is 9.78 Å². The molecule has 106 valence electrons. The van der Waals surface area contributed by atoms with Gasteiger partial charge in [0.1, 0.15) is 0 Å². The van der Waals surface area contributed by atoms with Gasteiger partial charge in [-0.15, -0.1) is 0 Å². The Hall–Kier alpha value is -1.56. The summed E-state index contributed by atoms with van der Waals surface area (Å²) in [5.74, 6) is 0. The van der Waals surface area contributed by atoms with Crippen LogP contribution in [0.15, 0.2) is 29.0 Å². The van der Waals surface area contributed by atoms with Crippen molar-refractivity contribution in [3.63, 3.8) is 0 Å². The van der Waals surface area contributed by atoms with E-state index in [2.05, 4.69) is 36.9 Å². The van der Waals surface area contributed by atoms with Crippen molar-refractivity contribution in [3.8, 4) is 0 Å². The number of benzene rings is 1. The molecule has 1 aliphatic rings. The number of carboxylic acid groups (broad SMARTS) is 1. The molecule has 1 aromatic heterocycles. The van der Waals surface area contributed by atoms with Crippen LogP contribution in [0.3, 0.4) is 0 Å². The molecule has 0 spiro atoms. The maximum absolute atomic E-state index is 10.7. The number of rotatable bonds is 2. The third-order valence-electron chi connectivity index (χ3n) is 3.95. The number of carbonyl (C=O) groups is 1. The molecule has 0 bridgehead atoms. The van der Waals surface area contributed by atoms with Crippen molar-refractivity contribution < 1.29 is 9.90 Å². The van der Waals surface area contributed by atoms with Gasteiger partial charge in [0.2, 0.25) is 0 Å². The van der Waals surface area contributed by atoms with Crippen molar-refractivity contribution in [1.82, 2.24) is 14.9 Å². The van der Waals surface area contributed by atoms with Gasteiger partial charge >= 0.3 is 6.09 Å². The second-order valence-electron chi connectivity index (χ2n) is 5.24. The summed E-state index contributed by atoms with van der Waals surface area (Å²) in [4.78, 5) is 15.1. The Morgan fingerprint density at radius 1 is 1.35 bits per heavy atom. The predicted octanol–water partition coefficient (Wildman–Crippen LogP) is 3.55. The molecule has 0 radical (unpaired) electrons. The molecule has 1 heterocycles. The summed E-state index contributed by atoms with van der Waals surface area (Å²) in [7, 11) is 0. The van der Waals surface area contributed by atoms with Crippen molar-refractivity contribution in [2.75, 3.05) is 0 Å². The van der Waals surface area contributed by atoms with Crippen molar-refractivity contribution in [1.29, 1.82) is 0 Å². The van der Waals surface area contributed by atoms with Crippen molar-refractivity contribution in [2.24, 2.45) is 0 Å². The summed E-state index contributed by atoms with van der Waals surface area (Å²) in [6, 6.07) is 6.58. The van der Waals surface area contributed by atoms with Crippen LogP contribution in [0.1, 0.15) is 31.7 Å². The number of imidazole rings is 1. The van der Waals surface area contributed by atoms with E-state index in [-0.39, 0.29) is 6.04 Å². The van der Waals surface area contributed by atoms with Crippen LogP contribution in [-0.4, -0.2) is 26.8 Å². The molecule has 0 aliphatic heterocycles. The number of aromatic nitrogens is 2.